The van der Waals surface area contributed by atoms with Crippen LogP contribution in [0.4, 0.5) is 5.69 Å². The fourth-order valence-electron chi connectivity index (χ4n) is 3.16. The average Bonchev–Trinajstić information content (AvgIpc) is 2.67. The van der Waals surface area contributed by atoms with Crippen LogP contribution in [-0.2, 0) is 9.53 Å². The average molecular weight is 364 g/mol. The van der Waals surface area contributed by atoms with Gasteiger partial charge >= 0.3 is 0 Å². The van der Waals surface area contributed by atoms with Crippen molar-refractivity contribution in [3.8, 4) is 22.8 Å². The van der Waals surface area contributed by atoms with Gasteiger partial charge in [0.05, 0.1) is 11.2 Å². The largest absolute Gasteiger partial charge is 0.486 e. The Morgan fingerprint density at radius 3 is 2.74 bits per heavy atom. The zero-order valence-electron chi connectivity index (χ0n) is 15.2. The number of nitrogens with one attached hydrogen (secondary N) is 1. The summed E-state index contributed by atoms with van der Waals surface area (Å²) in [6.45, 7) is 3.18. The molecular weight excluding hydrogens is 344 g/mol. The van der Waals surface area contributed by atoms with Crippen LogP contribution in [0.3, 0.4) is 0 Å². The van der Waals surface area contributed by atoms with Crippen LogP contribution in [0.2, 0.25) is 0 Å². The number of pyridine rings is 1. The molecule has 0 unspecified atom stereocenters. The van der Waals surface area contributed by atoms with E-state index in [1.807, 2.05) is 36.4 Å². The van der Waals surface area contributed by atoms with Crippen LogP contribution in [0.25, 0.3) is 22.2 Å². The number of rotatable bonds is 4. The van der Waals surface area contributed by atoms with Crippen molar-refractivity contribution in [1.29, 1.82) is 0 Å². The molecule has 6 nitrogen and oxygen atoms in total. The maximum absolute atomic E-state index is 11.8. The van der Waals surface area contributed by atoms with Gasteiger partial charge < -0.3 is 19.5 Å². The van der Waals surface area contributed by atoms with Gasteiger partial charge in [0.2, 0.25) is 5.91 Å². The van der Waals surface area contributed by atoms with Crippen molar-refractivity contribution in [2.75, 3.05) is 32.2 Å². The molecule has 2 aromatic carbocycles. The Hall–Kier alpha value is -3.12. The first-order valence-corrected chi connectivity index (χ1v) is 8.74. The van der Waals surface area contributed by atoms with E-state index in [0.717, 1.165) is 39.2 Å². The summed E-state index contributed by atoms with van der Waals surface area (Å²) >= 11 is 0. The van der Waals surface area contributed by atoms with Crippen molar-refractivity contribution in [1.82, 2.24) is 4.98 Å². The van der Waals surface area contributed by atoms with Crippen LogP contribution in [-0.4, -0.2) is 37.8 Å². The number of ether oxygens (including phenoxy) is 3. The molecular formula is C21H20N2O4. The number of aromatic nitrogens is 1. The lowest BCUT2D eigenvalue weighted by Gasteiger charge is -2.19. The van der Waals surface area contributed by atoms with E-state index in [1.165, 1.54) is 7.11 Å². The van der Waals surface area contributed by atoms with Crippen LogP contribution in [0.15, 0.2) is 42.5 Å². The number of methoxy groups -OCH3 is 1. The number of aryl methyl sites for hydroxylation is 1. The summed E-state index contributed by atoms with van der Waals surface area (Å²) in [6, 6.07) is 13.6. The molecule has 0 radical (unpaired) electrons. The quantitative estimate of drug-likeness (QED) is 0.766. The van der Waals surface area contributed by atoms with Gasteiger partial charge in [-0.25, -0.2) is 4.98 Å². The molecule has 4 rings (SSSR count). The van der Waals surface area contributed by atoms with E-state index in [1.54, 1.807) is 0 Å². The van der Waals surface area contributed by atoms with Gasteiger partial charge in [-0.2, -0.15) is 0 Å². The van der Waals surface area contributed by atoms with E-state index in [-0.39, 0.29) is 12.5 Å². The van der Waals surface area contributed by atoms with Crippen LogP contribution >= 0.6 is 0 Å². The standard InChI is InChI=1S/C21H20N2O4/c1-13-9-17(14-3-6-19-20(10-14)27-8-7-26-19)23-18-11-15(4-5-16(13)18)22-21(24)12-25-2/h3-6,9-11H,7-8,12H2,1-2H3,(H,22,24). The molecule has 0 spiro atoms. The smallest absolute Gasteiger partial charge is 0.250 e. The van der Waals surface area contributed by atoms with E-state index < -0.39 is 0 Å². The molecule has 138 valence electrons. The fraction of sp³-hybridized carbons (Fsp3) is 0.238. The minimum atomic E-state index is -0.198. The number of amides is 1. The van der Waals surface area contributed by atoms with Crippen molar-refractivity contribution in [2.45, 2.75) is 6.92 Å². The summed E-state index contributed by atoms with van der Waals surface area (Å²) in [5, 5.41) is 3.86. The third-order valence-electron chi connectivity index (χ3n) is 4.41. The summed E-state index contributed by atoms with van der Waals surface area (Å²) in [4.78, 5) is 16.5. The van der Waals surface area contributed by atoms with E-state index in [2.05, 4.69) is 18.3 Å². The summed E-state index contributed by atoms with van der Waals surface area (Å²) in [6.07, 6.45) is 0. The SMILES string of the molecule is COCC(=O)Nc1ccc2c(C)cc(-c3ccc4c(c3)OCCO4)nc2c1. The molecule has 1 N–H and O–H groups in total. The lowest BCUT2D eigenvalue weighted by molar-refractivity contribution is -0.119. The van der Waals surface area contributed by atoms with Gasteiger partial charge in [0, 0.05) is 23.7 Å². The predicted octanol–water partition coefficient (Wildman–Crippen LogP) is 3.57. The topological polar surface area (TPSA) is 69.7 Å². The second-order valence-electron chi connectivity index (χ2n) is 6.40. The molecule has 0 saturated carbocycles. The second-order valence-corrected chi connectivity index (χ2v) is 6.40. The first-order valence-electron chi connectivity index (χ1n) is 8.74. The van der Waals surface area contributed by atoms with Crippen LogP contribution in [0.5, 0.6) is 11.5 Å². The molecule has 3 aromatic rings. The number of carbonyl (C=O) groups is 1. The number of fused-ring (bicyclic) bond motifs is 2. The molecule has 6 heteroatoms. The first kappa shape index (κ1) is 17.3. The number of carbonyl (C=O) groups excluding carboxylic acids is 1. The van der Waals surface area contributed by atoms with Gasteiger partial charge in [-0.05, 0) is 48.9 Å². The first-order chi connectivity index (χ1) is 13.1. The zero-order chi connectivity index (χ0) is 18.8. The van der Waals surface area contributed by atoms with Gasteiger partial charge in [-0.3, -0.25) is 4.79 Å². The Kier molecular flexibility index (Phi) is 4.64. The molecule has 0 saturated heterocycles. The molecule has 0 fully saturated rings. The molecule has 27 heavy (non-hydrogen) atoms. The Morgan fingerprint density at radius 1 is 1.11 bits per heavy atom. The number of benzene rings is 2. The lowest BCUT2D eigenvalue weighted by atomic mass is 10.0. The highest BCUT2D eigenvalue weighted by molar-refractivity contribution is 5.95. The Bertz CT molecular complexity index is 1020. The van der Waals surface area contributed by atoms with E-state index in [4.69, 9.17) is 19.2 Å². The molecule has 1 amide bonds. The zero-order valence-corrected chi connectivity index (χ0v) is 15.2. The Labute approximate surface area is 157 Å². The minimum absolute atomic E-state index is 0.0156. The monoisotopic (exact) mass is 364 g/mol. The van der Waals surface area contributed by atoms with Crippen molar-refractivity contribution in [3.05, 3.63) is 48.0 Å². The van der Waals surface area contributed by atoms with Gasteiger partial charge in [-0.15, -0.1) is 0 Å². The Balaban J connectivity index is 1.72. The van der Waals surface area contributed by atoms with Crippen molar-refractivity contribution in [3.63, 3.8) is 0 Å². The number of hydrogen-bond acceptors (Lipinski definition) is 5. The minimum Gasteiger partial charge on any atom is -0.486 e. The summed E-state index contributed by atoms with van der Waals surface area (Å²) in [5.74, 6) is 1.29. The molecule has 2 heterocycles. The highest BCUT2D eigenvalue weighted by Crippen LogP contribution is 2.35. The normalized spacial score (nSPS) is 12.8. The summed E-state index contributed by atoms with van der Waals surface area (Å²) in [5.41, 5.74) is 4.42. The van der Waals surface area contributed by atoms with Crippen molar-refractivity contribution < 1.29 is 19.0 Å². The van der Waals surface area contributed by atoms with Crippen molar-refractivity contribution >= 4 is 22.5 Å². The summed E-state index contributed by atoms with van der Waals surface area (Å²) in [7, 11) is 1.49. The molecule has 1 aliphatic heterocycles. The highest BCUT2D eigenvalue weighted by atomic mass is 16.6. The van der Waals surface area contributed by atoms with Crippen LogP contribution in [0.1, 0.15) is 5.56 Å². The second kappa shape index (κ2) is 7.25. The summed E-state index contributed by atoms with van der Waals surface area (Å²) < 4.78 is 16.1. The van der Waals surface area contributed by atoms with E-state index in [0.29, 0.717) is 18.9 Å². The van der Waals surface area contributed by atoms with Gasteiger partial charge in [-0.1, -0.05) is 6.07 Å². The van der Waals surface area contributed by atoms with Gasteiger partial charge in [0.1, 0.15) is 19.8 Å². The van der Waals surface area contributed by atoms with E-state index in [9.17, 15) is 4.79 Å². The third kappa shape index (κ3) is 3.57. The number of hydrogen-bond donors (Lipinski definition) is 1. The number of anilines is 1. The Morgan fingerprint density at radius 2 is 1.93 bits per heavy atom. The van der Waals surface area contributed by atoms with Gasteiger partial charge in [0.15, 0.2) is 11.5 Å². The maximum Gasteiger partial charge on any atom is 0.250 e. The fourth-order valence-corrected chi connectivity index (χ4v) is 3.16. The predicted molar refractivity (Wildman–Crippen MR) is 103 cm³/mol. The number of nitrogens with zero attached hydrogens (tertiary/aromatic N) is 1. The lowest BCUT2D eigenvalue weighted by Crippen LogP contribution is -2.17. The molecule has 1 aromatic heterocycles. The van der Waals surface area contributed by atoms with Crippen LogP contribution in [0, 0.1) is 6.92 Å². The molecule has 0 atom stereocenters. The maximum atomic E-state index is 11.8. The van der Waals surface area contributed by atoms with Crippen LogP contribution < -0.4 is 14.8 Å². The molecule has 0 bridgehead atoms. The molecule has 1 aliphatic rings. The highest BCUT2D eigenvalue weighted by Gasteiger charge is 2.14. The molecule has 0 aliphatic carbocycles. The van der Waals surface area contributed by atoms with E-state index >= 15 is 0 Å². The third-order valence-corrected chi connectivity index (χ3v) is 4.41. The van der Waals surface area contributed by atoms with Crippen molar-refractivity contribution in [2.24, 2.45) is 0 Å². The van der Waals surface area contributed by atoms with Gasteiger partial charge in [0.25, 0.3) is 0 Å².